The van der Waals surface area contributed by atoms with E-state index in [1.165, 1.54) is 0 Å². The number of hydrogen-bond acceptors (Lipinski definition) is 2. The summed E-state index contributed by atoms with van der Waals surface area (Å²) in [5.74, 6) is 12.2. The zero-order valence-electron chi connectivity index (χ0n) is 15.3. The third kappa shape index (κ3) is 3.69. The van der Waals surface area contributed by atoms with E-state index < -0.39 is 14.6 Å². The van der Waals surface area contributed by atoms with Gasteiger partial charge < -0.3 is 0 Å². The molecule has 0 spiro atoms. The lowest BCUT2D eigenvalue weighted by atomic mass is 9.98. The molecule has 0 N–H and O–H groups in total. The number of benzene rings is 2. The highest BCUT2D eigenvalue weighted by atomic mass is 32.2. The maximum absolute atomic E-state index is 13.3. The monoisotopic (exact) mass is 362 g/mol. The quantitative estimate of drug-likeness (QED) is 0.746. The first-order valence-corrected chi connectivity index (χ1v) is 10.1. The Morgan fingerprint density at radius 3 is 2.12 bits per heavy atom. The zero-order chi connectivity index (χ0) is 18.8. The van der Waals surface area contributed by atoms with E-state index in [-0.39, 0.29) is 11.3 Å². The molecule has 0 bridgehead atoms. The molecule has 0 unspecified atom stereocenters. The van der Waals surface area contributed by atoms with Gasteiger partial charge in [-0.25, -0.2) is 8.42 Å². The Hall–Kier alpha value is -2.49. The summed E-state index contributed by atoms with van der Waals surface area (Å²) in [5, 5.41) is 0. The lowest BCUT2D eigenvalue weighted by Gasteiger charge is -2.12. The van der Waals surface area contributed by atoms with Gasteiger partial charge in [-0.05, 0) is 51.5 Å². The van der Waals surface area contributed by atoms with Crippen molar-refractivity contribution in [2.24, 2.45) is 11.3 Å². The Bertz CT molecular complexity index is 1010. The molecule has 0 saturated heterocycles. The first-order chi connectivity index (χ1) is 12.2. The molecule has 1 aliphatic carbocycles. The minimum absolute atomic E-state index is 0.169. The van der Waals surface area contributed by atoms with Crippen molar-refractivity contribution in [1.82, 2.24) is 0 Å². The summed E-state index contributed by atoms with van der Waals surface area (Å²) in [4.78, 5) is 0.308. The first-order valence-electron chi connectivity index (χ1n) is 8.65. The van der Waals surface area contributed by atoms with Gasteiger partial charge in [0, 0.05) is 11.0 Å². The van der Waals surface area contributed by atoms with Crippen LogP contribution in [-0.2, 0) is 9.84 Å². The molecule has 132 valence electrons. The van der Waals surface area contributed by atoms with Crippen molar-refractivity contribution in [2.75, 3.05) is 0 Å². The van der Waals surface area contributed by atoms with E-state index in [9.17, 15) is 8.42 Å². The molecule has 2 nitrogen and oxygen atoms in total. The second-order valence-corrected chi connectivity index (χ2v) is 9.80. The molecule has 2 aromatic rings. The van der Waals surface area contributed by atoms with Gasteiger partial charge in [-0.2, -0.15) is 0 Å². The standard InChI is InChI=1S/C23H22O2S/c1-22(2,3)16-15-20-18-23(20,17-14-19-10-6-4-7-11-19)26(24,25)21-12-8-5-9-13-21/h4-13,20H,18H2,1-3H3/t20-,23-/m1/s1. The van der Waals surface area contributed by atoms with Gasteiger partial charge in [0.1, 0.15) is 0 Å². The average Bonchev–Trinajstić information content (AvgIpc) is 3.35. The molecule has 3 heteroatoms. The number of hydrogen-bond donors (Lipinski definition) is 0. The summed E-state index contributed by atoms with van der Waals surface area (Å²) in [6.07, 6.45) is 0.452. The van der Waals surface area contributed by atoms with Crippen LogP contribution in [0.1, 0.15) is 32.8 Å². The summed E-state index contributed by atoms with van der Waals surface area (Å²) >= 11 is 0. The van der Waals surface area contributed by atoms with E-state index in [0.29, 0.717) is 11.3 Å². The van der Waals surface area contributed by atoms with Gasteiger partial charge in [-0.15, -0.1) is 0 Å². The Morgan fingerprint density at radius 1 is 0.962 bits per heavy atom. The number of sulfone groups is 1. The van der Waals surface area contributed by atoms with E-state index in [2.05, 4.69) is 23.7 Å². The summed E-state index contributed by atoms with van der Waals surface area (Å²) in [6, 6.07) is 18.0. The van der Waals surface area contributed by atoms with Crippen molar-refractivity contribution in [3.63, 3.8) is 0 Å². The molecular formula is C23H22O2S. The highest BCUT2D eigenvalue weighted by Crippen LogP contribution is 2.52. The third-order valence-corrected chi connectivity index (χ3v) is 6.66. The molecule has 26 heavy (non-hydrogen) atoms. The van der Waals surface area contributed by atoms with Gasteiger partial charge >= 0.3 is 0 Å². The topological polar surface area (TPSA) is 34.1 Å². The van der Waals surface area contributed by atoms with Gasteiger partial charge in [0.15, 0.2) is 14.6 Å². The van der Waals surface area contributed by atoms with Crippen molar-refractivity contribution in [2.45, 2.75) is 36.8 Å². The molecule has 0 aliphatic heterocycles. The van der Waals surface area contributed by atoms with Crippen LogP contribution in [-0.4, -0.2) is 13.2 Å². The minimum atomic E-state index is -3.59. The fourth-order valence-corrected chi connectivity index (χ4v) is 4.67. The van der Waals surface area contributed by atoms with E-state index in [1.54, 1.807) is 24.3 Å². The zero-order valence-corrected chi connectivity index (χ0v) is 16.1. The molecule has 3 rings (SSSR count). The normalized spacial score (nSPS) is 21.7. The molecule has 1 aliphatic rings. The van der Waals surface area contributed by atoms with Gasteiger partial charge in [0.2, 0.25) is 0 Å². The molecular weight excluding hydrogens is 340 g/mol. The first kappa shape index (κ1) is 18.3. The van der Waals surface area contributed by atoms with Crippen LogP contribution in [0, 0.1) is 35.0 Å². The van der Waals surface area contributed by atoms with Crippen LogP contribution >= 0.6 is 0 Å². The maximum Gasteiger partial charge on any atom is 0.196 e. The Kier molecular flexibility index (Phi) is 4.70. The van der Waals surface area contributed by atoms with Gasteiger partial charge in [-0.3, -0.25) is 0 Å². The fraction of sp³-hybridized carbons (Fsp3) is 0.304. The van der Waals surface area contributed by atoms with Crippen LogP contribution in [0.5, 0.6) is 0 Å². The van der Waals surface area contributed by atoms with Gasteiger partial charge in [0.05, 0.1) is 10.8 Å². The smallest absolute Gasteiger partial charge is 0.196 e. The second-order valence-electron chi connectivity index (χ2n) is 7.60. The van der Waals surface area contributed by atoms with Crippen LogP contribution < -0.4 is 0 Å². The Balaban J connectivity index is 2.05. The molecule has 0 radical (unpaired) electrons. The molecule has 1 saturated carbocycles. The van der Waals surface area contributed by atoms with Crippen LogP contribution in [0.25, 0.3) is 0 Å². The maximum atomic E-state index is 13.3. The highest BCUT2D eigenvalue weighted by molar-refractivity contribution is 7.93. The average molecular weight is 362 g/mol. The van der Waals surface area contributed by atoms with E-state index in [4.69, 9.17) is 0 Å². The predicted molar refractivity (Wildman–Crippen MR) is 105 cm³/mol. The molecule has 2 aromatic carbocycles. The van der Waals surface area contributed by atoms with Crippen molar-refractivity contribution in [3.8, 4) is 23.7 Å². The van der Waals surface area contributed by atoms with Gasteiger partial charge in [-0.1, -0.05) is 60.1 Å². The van der Waals surface area contributed by atoms with Crippen LogP contribution in [0.15, 0.2) is 65.6 Å². The minimum Gasteiger partial charge on any atom is -0.222 e. The Morgan fingerprint density at radius 2 is 1.54 bits per heavy atom. The number of rotatable bonds is 2. The molecule has 1 fully saturated rings. The molecule has 0 aromatic heterocycles. The molecule has 0 heterocycles. The van der Waals surface area contributed by atoms with Crippen molar-refractivity contribution < 1.29 is 8.42 Å². The van der Waals surface area contributed by atoms with Crippen LogP contribution in [0.4, 0.5) is 0 Å². The van der Waals surface area contributed by atoms with E-state index in [1.807, 2.05) is 57.2 Å². The largest absolute Gasteiger partial charge is 0.222 e. The second kappa shape index (κ2) is 6.67. The fourth-order valence-electron chi connectivity index (χ4n) is 2.73. The SMILES string of the molecule is CC(C)(C)C#C[C@@H]1C[C@@]1(C#Cc1ccccc1)S(=O)(=O)c1ccccc1. The van der Waals surface area contributed by atoms with Crippen LogP contribution in [0.2, 0.25) is 0 Å². The predicted octanol–water partition coefficient (Wildman–Crippen LogP) is 4.32. The van der Waals surface area contributed by atoms with Crippen molar-refractivity contribution in [3.05, 3.63) is 66.2 Å². The Labute approximate surface area is 156 Å². The van der Waals surface area contributed by atoms with E-state index >= 15 is 0 Å². The summed E-state index contributed by atoms with van der Waals surface area (Å²) in [6.45, 7) is 6.06. The molecule has 2 atom stereocenters. The highest BCUT2D eigenvalue weighted by Gasteiger charge is 2.63. The summed E-state index contributed by atoms with van der Waals surface area (Å²) < 4.78 is 25.5. The third-order valence-electron chi connectivity index (χ3n) is 4.26. The lowest BCUT2D eigenvalue weighted by Crippen LogP contribution is -2.24. The van der Waals surface area contributed by atoms with E-state index in [0.717, 1.165) is 5.56 Å². The van der Waals surface area contributed by atoms with Crippen LogP contribution in [0.3, 0.4) is 0 Å². The summed E-state index contributed by atoms with van der Waals surface area (Å²) in [5.41, 5.74) is 0.641. The van der Waals surface area contributed by atoms with Crippen molar-refractivity contribution in [1.29, 1.82) is 0 Å². The molecule has 0 amide bonds. The van der Waals surface area contributed by atoms with Crippen molar-refractivity contribution >= 4 is 9.84 Å². The van der Waals surface area contributed by atoms with Gasteiger partial charge in [0.25, 0.3) is 0 Å². The summed E-state index contributed by atoms with van der Waals surface area (Å²) in [7, 11) is -3.59. The lowest BCUT2D eigenvalue weighted by molar-refractivity contribution is 0.569.